The number of nitrogens with two attached hydrogens (primary N) is 1. The van der Waals surface area contributed by atoms with E-state index in [0.29, 0.717) is 0 Å². The first-order chi connectivity index (χ1) is 6.40. The van der Waals surface area contributed by atoms with Crippen molar-refractivity contribution in [2.75, 3.05) is 0 Å². The molecule has 0 bridgehead atoms. The maximum atomic E-state index is 5.85. The minimum Gasteiger partial charge on any atom is -0.488 e. The Labute approximate surface area is 86.1 Å². The topological polar surface area (TPSA) is 35.2 Å². The minimum absolute atomic E-state index is 0.00792. The molecule has 78 valence electrons. The first-order valence-corrected chi connectivity index (χ1v) is 4.93. The van der Waals surface area contributed by atoms with E-state index < -0.39 is 0 Å². The van der Waals surface area contributed by atoms with Crippen molar-refractivity contribution in [2.24, 2.45) is 5.73 Å². The zero-order chi connectivity index (χ0) is 10.8. The van der Waals surface area contributed by atoms with Crippen molar-refractivity contribution in [3.8, 4) is 5.75 Å². The Kier molecular flexibility index (Phi) is 3.17. The van der Waals surface area contributed by atoms with Gasteiger partial charge in [0.15, 0.2) is 0 Å². The van der Waals surface area contributed by atoms with Crippen molar-refractivity contribution in [3.63, 3.8) is 0 Å². The molecular weight excluding hydrogens is 174 g/mol. The molecule has 2 N–H and O–H groups in total. The average molecular weight is 193 g/mol. The van der Waals surface area contributed by atoms with Crippen LogP contribution in [0.1, 0.15) is 39.3 Å². The molecule has 0 aliphatic heterocycles. The molecule has 2 heteroatoms. The van der Waals surface area contributed by atoms with Crippen LogP contribution in [0.2, 0.25) is 0 Å². The van der Waals surface area contributed by atoms with Gasteiger partial charge in [0.05, 0.1) is 0 Å². The molecule has 0 fully saturated rings. The third-order valence-electron chi connectivity index (χ3n) is 1.83. The van der Waals surface area contributed by atoms with Gasteiger partial charge in [-0.15, -0.1) is 0 Å². The van der Waals surface area contributed by atoms with Crippen molar-refractivity contribution < 1.29 is 4.74 Å². The van der Waals surface area contributed by atoms with E-state index in [2.05, 4.69) is 0 Å². The molecule has 2 nitrogen and oxygen atoms in total. The van der Waals surface area contributed by atoms with Crippen molar-refractivity contribution in [1.29, 1.82) is 0 Å². The maximum Gasteiger partial charge on any atom is 0.124 e. The highest BCUT2D eigenvalue weighted by Gasteiger charge is 2.15. The molecule has 1 rings (SSSR count). The molecule has 1 atom stereocenters. The second-order valence-corrected chi connectivity index (χ2v) is 4.54. The van der Waals surface area contributed by atoms with Crippen molar-refractivity contribution in [2.45, 2.75) is 39.3 Å². The smallest absolute Gasteiger partial charge is 0.124 e. The lowest BCUT2D eigenvalue weighted by Crippen LogP contribution is -2.24. The highest BCUT2D eigenvalue weighted by molar-refractivity contribution is 5.35. The van der Waals surface area contributed by atoms with Gasteiger partial charge in [0.25, 0.3) is 0 Å². The predicted octanol–water partition coefficient (Wildman–Crippen LogP) is 2.88. The Hall–Kier alpha value is -1.02. The van der Waals surface area contributed by atoms with E-state index in [4.69, 9.17) is 10.5 Å². The Morgan fingerprint density at radius 2 is 1.79 bits per heavy atom. The van der Waals surface area contributed by atoms with Gasteiger partial charge in [0.2, 0.25) is 0 Å². The molecule has 0 aliphatic rings. The summed E-state index contributed by atoms with van der Waals surface area (Å²) in [5, 5.41) is 0. The van der Waals surface area contributed by atoms with Gasteiger partial charge >= 0.3 is 0 Å². The molecule has 0 aliphatic carbocycles. The van der Waals surface area contributed by atoms with Crippen LogP contribution in [-0.4, -0.2) is 5.60 Å². The Morgan fingerprint density at radius 3 is 2.29 bits per heavy atom. The van der Waals surface area contributed by atoms with Gasteiger partial charge in [0, 0.05) is 11.6 Å². The summed E-state index contributed by atoms with van der Waals surface area (Å²) in [6.45, 7) is 8.06. The molecule has 0 aromatic heterocycles. The number of hydrogen-bond donors (Lipinski definition) is 1. The van der Waals surface area contributed by atoms with Gasteiger partial charge in [0.1, 0.15) is 11.4 Å². The lowest BCUT2D eigenvalue weighted by atomic mass is 10.1. The number of hydrogen-bond acceptors (Lipinski definition) is 2. The van der Waals surface area contributed by atoms with Crippen LogP contribution in [0, 0.1) is 0 Å². The summed E-state index contributed by atoms with van der Waals surface area (Å²) in [7, 11) is 0. The molecule has 1 aromatic rings. The van der Waals surface area contributed by atoms with E-state index in [1.54, 1.807) is 0 Å². The zero-order valence-electron chi connectivity index (χ0n) is 9.37. The van der Waals surface area contributed by atoms with E-state index in [1.165, 1.54) is 0 Å². The van der Waals surface area contributed by atoms with E-state index in [-0.39, 0.29) is 11.6 Å². The fourth-order valence-electron chi connectivity index (χ4n) is 1.28. The number of benzene rings is 1. The van der Waals surface area contributed by atoms with Crippen LogP contribution in [-0.2, 0) is 0 Å². The number of para-hydroxylation sites is 1. The van der Waals surface area contributed by atoms with Crippen LogP contribution in [0.5, 0.6) is 5.75 Å². The molecule has 0 spiro atoms. The van der Waals surface area contributed by atoms with Crippen LogP contribution in [0.15, 0.2) is 24.3 Å². The first-order valence-electron chi connectivity index (χ1n) is 4.93. The summed E-state index contributed by atoms with van der Waals surface area (Å²) in [6.07, 6.45) is 0. The summed E-state index contributed by atoms with van der Waals surface area (Å²) in [5.74, 6) is 0.884. The van der Waals surface area contributed by atoms with Gasteiger partial charge in [-0.25, -0.2) is 0 Å². The van der Waals surface area contributed by atoms with Crippen molar-refractivity contribution >= 4 is 0 Å². The zero-order valence-corrected chi connectivity index (χ0v) is 9.37. The number of rotatable bonds is 2. The Morgan fingerprint density at radius 1 is 1.21 bits per heavy atom. The van der Waals surface area contributed by atoms with Crippen LogP contribution in [0.25, 0.3) is 0 Å². The van der Waals surface area contributed by atoms with Gasteiger partial charge in [-0.05, 0) is 33.8 Å². The lowest BCUT2D eigenvalue weighted by Gasteiger charge is -2.24. The van der Waals surface area contributed by atoms with Crippen LogP contribution >= 0.6 is 0 Å². The van der Waals surface area contributed by atoms with E-state index in [9.17, 15) is 0 Å². The monoisotopic (exact) mass is 193 g/mol. The summed E-state index contributed by atoms with van der Waals surface area (Å²) in [5.41, 5.74) is 6.74. The summed E-state index contributed by atoms with van der Waals surface area (Å²) in [4.78, 5) is 0. The van der Waals surface area contributed by atoms with Gasteiger partial charge in [-0.2, -0.15) is 0 Å². The molecule has 0 saturated heterocycles. The van der Waals surface area contributed by atoms with Crippen LogP contribution < -0.4 is 10.5 Å². The fourth-order valence-corrected chi connectivity index (χ4v) is 1.28. The third-order valence-corrected chi connectivity index (χ3v) is 1.83. The molecule has 0 amide bonds. The maximum absolute atomic E-state index is 5.85. The lowest BCUT2D eigenvalue weighted by molar-refractivity contribution is 0.129. The van der Waals surface area contributed by atoms with Crippen LogP contribution in [0.3, 0.4) is 0 Å². The second kappa shape index (κ2) is 4.01. The quantitative estimate of drug-likeness (QED) is 0.783. The Balaban J connectivity index is 2.96. The first kappa shape index (κ1) is 11.1. The molecule has 0 saturated carbocycles. The van der Waals surface area contributed by atoms with Gasteiger partial charge in [-0.3, -0.25) is 0 Å². The minimum atomic E-state index is -0.176. The number of ether oxygens (including phenoxy) is 1. The third kappa shape index (κ3) is 3.04. The van der Waals surface area contributed by atoms with E-state index >= 15 is 0 Å². The molecule has 0 radical (unpaired) electrons. The molecule has 14 heavy (non-hydrogen) atoms. The molecule has 0 unspecified atom stereocenters. The largest absolute Gasteiger partial charge is 0.488 e. The SMILES string of the molecule is C[C@@H](N)c1ccccc1OC(C)(C)C. The molecule has 0 heterocycles. The molecular formula is C12H19NO. The highest BCUT2D eigenvalue weighted by Crippen LogP contribution is 2.26. The summed E-state index contributed by atoms with van der Waals surface area (Å²) < 4.78 is 5.81. The normalized spacial score (nSPS) is 13.8. The Bertz CT molecular complexity index is 299. The second-order valence-electron chi connectivity index (χ2n) is 4.54. The highest BCUT2D eigenvalue weighted by atomic mass is 16.5. The standard InChI is InChI=1S/C12H19NO/c1-9(13)10-7-5-6-8-11(10)14-12(2,3)4/h5-9H,13H2,1-4H3/t9-/m1/s1. The van der Waals surface area contributed by atoms with Crippen LogP contribution in [0.4, 0.5) is 0 Å². The van der Waals surface area contributed by atoms with E-state index in [0.717, 1.165) is 11.3 Å². The van der Waals surface area contributed by atoms with Gasteiger partial charge < -0.3 is 10.5 Å². The fraction of sp³-hybridized carbons (Fsp3) is 0.500. The van der Waals surface area contributed by atoms with Crippen molar-refractivity contribution in [3.05, 3.63) is 29.8 Å². The summed E-state index contributed by atoms with van der Waals surface area (Å²) in [6, 6.07) is 7.92. The summed E-state index contributed by atoms with van der Waals surface area (Å²) >= 11 is 0. The van der Waals surface area contributed by atoms with E-state index in [1.807, 2.05) is 52.0 Å². The predicted molar refractivity (Wildman–Crippen MR) is 59.4 cm³/mol. The van der Waals surface area contributed by atoms with Gasteiger partial charge in [-0.1, -0.05) is 18.2 Å². The average Bonchev–Trinajstić information content (AvgIpc) is 2.01. The molecule has 1 aromatic carbocycles. The van der Waals surface area contributed by atoms with Crippen molar-refractivity contribution in [1.82, 2.24) is 0 Å².